The highest BCUT2D eigenvalue weighted by molar-refractivity contribution is 5.31. The standard InChI is InChI=1S/C15H22N4O2/c1-18(11-15-17-16-12-19(15)2)9-4-10-21-14-7-5-13(20-3)6-8-14/h5-8,12H,4,9-11H2,1-3H3. The van der Waals surface area contributed by atoms with Crippen LogP contribution in [-0.2, 0) is 13.6 Å². The van der Waals surface area contributed by atoms with Crippen molar-refractivity contribution >= 4 is 0 Å². The van der Waals surface area contributed by atoms with E-state index in [-0.39, 0.29) is 0 Å². The number of methoxy groups -OCH3 is 1. The van der Waals surface area contributed by atoms with Crippen molar-refractivity contribution < 1.29 is 9.47 Å². The topological polar surface area (TPSA) is 52.4 Å². The van der Waals surface area contributed by atoms with E-state index in [1.807, 2.05) is 35.9 Å². The van der Waals surface area contributed by atoms with Gasteiger partial charge in [0.05, 0.1) is 20.3 Å². The number of aromatic nitrogens is 3. The zero-order valence-electron chi connectivity index (χ0n) is 12.8. The summed E-state index contributed by atoms with van der Waals surface area (Å²) in [6.07, 6.45) is 2.68. The lowest BCUT2D eigenvalue weighted by atomic mass is 10.3. The largest absolute Gasteiger partial charge is 0.497 e. The molecule has 114 valence electrons. The first-order valence-electron chi connectivity index (χ1n) is 6.97. The number of aryl methyl sites for hydroxylation is 1. The molecule has 21 heavy (non-hydrogen) atoms. The zero-order valence-corrected chi connectivity index (χ0v) is 12.8. The molecular formula is C15H22N4O2. The van der Waals surface area contributed by atoms with Crippen LogP contribution < -0.4 is 9.47 Å². The van der Waals surface area contributed by atoms with E-state index in [2.05, 4.69) is 22.1 Å². The van der Waals surface area contributed by atoms with Crippen LogP contribution in [0.5, 0.6) is 11.5 Å². The van der Waals surface area contributed by atoms with Crippen LogP contribution in [0.15, 0.2) is 30.6 Å². The zero-order chi connectivity index (χ0) is 15.1. The summed E-state index contributed by atoms with van der Waals surface area (Å²) in [5, 5.41) is 7.95. The lowest BCUT2D eigenvalue weighted by Crippen LogP contribution is -2.22. The molecule has 6 nitrogen and oxygen atoms in total. The Bertz CT molecular complexity index is 539. The summed E-state index contributed by atoms with van der Waals surface area (Å²) in [6, 6.07) is 7.63. The van der Waals surface area contributed by atoms with Gasteiger partial charge in [-0.05, 0) is 37.7 Å². The third-order valence-electron chi connectivity index (χ3n) is 3.23. The normalized spacial score (nSPS) is 10.9. The van der Waals surface area contributed by atoms with E-state index in [0.29, 0.717) is 6.61 Å². The lowest BCUT2D eigenvalue weighted by Gasteiger charge is -2.16. The first-order valence-corrected chi connectivity index (χ1v) is 6.97. The van der Waals surface area contributed by atoms with Crippen LogP contribution in [0.25, 0.3) is 0 Å². The molecule has 0 N–H and O–H groups in total. The van der Waals surface area contributed by atoms with Gasteiger partial charge < -0.3 is 14.0 Å². The molecule has 6 heteroatoms. The Morgan fingerprint density at radius 1 is 1.19 bits per heavy atom. The molecule has 0 fully saturated rings. The fourth-order valence-corrected chi connectivity index (χ4v) is 1.97. The highest BCUT2D eigenvalue weighted by atomic mass is 16.5. The molecule has 0 aliphatic carbocycles. The van der Waals surface area contributed by atoms with Gasteiger partial charge >= 0.3 is 0 Å². The van der Waals surface area contributed by atoms with Crippen LogP contribution in [-0.4, -0.2) is 47.0 Å². The maximum Gasteiger partial charge on any atom is 0.146 e. The summed E-state index contributed by atoms with van der Waals surface area (Å²) in [4.78, 5) is 2.21. The second-order valence-electron chi connectivity index (χ2n) is 4.97. The van der Waals surface area contributed by atoms with E-state index < -0.39 is 0 Å². The molecule has 0 saturated carbocycles. The highest BCUT2D eigenvalue weighted by Crippen LogP contribution is 2.17. The van der Waals surface area contributed by atoms with Gasteiger partial charge in [-0.1, -0.05) is 0 Å². The number of benzene rings is 1. The van der Waals surface area contributed by atoms with Crippen molar-refractivity contribution in [3.63, 3.8) is 0 Å². The summed E-state index contributed by atoms with van der Waals surface area (Å²) in [6.45, 7) is 2.43. The maximum atomic E-state index is 5.70. The predicted octanol–water partition coefficient (Wildman–Crippen LogP) is 1.72. The number of hydrogen-bond donors (Lipinski definition) is 0. The van der Waals surface area contributed by atoms with Crippen LogP contribution in [0.4, 0.5) is 0 Å². The van der Waals surface area contributed by atoms with Crippen LogP contribution in [0.2, 0.25) is 0 Å². The van der Waals surface area contributed by atoms with Gasteiger partial charge in [0.25, 0.3) is 0 Å². The molecule has 0 aliphatic heterocycles. The Kier molecular flexibility index (Phi) is 5.57. The van der Waals surface area contributed by atoms with E-state index in [0.717, 1.165) is 36.8 Å². The van der Waals surface area contributed by atoms with Crippen molar-refractivity contribution in [3.05, 3.63) is 36.4 Å². The van der Waals surface area contributed by atoms with Crippen LogP contribution in [0, 0.1) is 0 Å². The van der Waals surface area contributed by atoms with Crippen molar-refractivity contribution in [2.24, 2.45) is 7.05 Å². The van der Waals surface area contributed by atoms with E-state index in [1.54, 1.807) is 13.4 Å². The minimum atomic E-state index is 0.690. The molecule has 1 aromatic carbocycles. The molecule has 1 heterocycles. The predicted molar refractivity (Wildman–Crippen MR) is 80.4 cm³/mol. The smallest absolute Gasteiger partial charge is 0.146 e. The van der Waals surface area contributed by atoms with Gasteiger partial charge in [-0.2, -0.15) is 0 Å². The SMILES string of the molecule is COc1ccc(OCCCN(C)Cc2nncn2C)cc1. The fraction of sp³-hybridized carbons (Fsp3) is 0.467. The van der Waals surface area contributed by atoms with Gasteiger partial charge in [-0.3, -0.25) is 4.90 Å². The lowest BCUT2D eigenvalue weighted by molar-refractivity contribution is 0.254. The molecule has 1 aromatic heterocycles. The molecule has 0 aliphatic rings. The molecular weight excluding hydrogens is 268 g/mol. The van der Waals surface area contributed by atoms with Crippen molar-refractivity contribution in [3.8, 4) is 11.5 Å². The van der Waals surface area contributed by atoms with Gasteiger partial charge in [-0.15, -0.1) is 10.2 Å². The molecule has 0 unspecified atom stereocenters. The molecule has 0 bridgehead atoms. The number of ether oxygens (including phenoxy) is 2. The summed E-state index contributed by atoms with van der Waals surface area (Å²) in [5.41, 5.74) is 0. The Morgan fingerprint density at radius 3 is 2.52 bits per heavy atom. The second-order valence-corrected chi connectivity index (χ2v) is 4.97. The molecule has 0 spiro atoms. The van der Waals surface area contributed by atoms with Crippen molar-refractivity contribution in [1.29, 1.82) is 0 Å². The Hall–Kier alpha value is -2.08. The summed E-state index contributed by atoms with van der Waals surface area (Å²) < 4.78 is 12.7. The first-order chi connectivity index (χ1) is 10.2. The third kappa shape index (κ3) is 4.75. The molecule has 0 amide bonds. The quantitative estimate of drug-likeness (QED) is 0.693. The van der Waals surface area contributed by atoms with Gasteiger partial charge in [0.15, 0.2) is 0 Å². The van der Waals surface area contributed by atoms with Crippen LogP contribution in [0.3, 0.4) is 0 Å². The van der Waals surface area contributed by atoms with E-state index in [4.69, 9.17) is 9.47 Å². The summed E-state index contributed by atoms with van der Waals surface area (Å²) in [7, 11) is 5.68. The van der Waals surface area contributed by atoms with Crippen molar-refractivity contribution in [2.45, 2.75) is 13.0 Å². The highest BCUT2D eigenvalue weighted by Gasteiger charge is 2.05. The molecule has 0 radical (unpaired) electrons. The van der Waals surface area contributed by atoms with Gasteiger partial charge in [0.1, 0.15) is 23.7 Å². The van der Waals surface area contributed by atoms with Crippen molar-refractivity contribution in [1.82, 2.24) is 19.7 Å². The van der Waals surface area contributed by atoms with Crippen LogP contribution >= 0.6 is 0 Å². The van der Waals surface area contributed by atoms with E-state index in [1.165, 1.54) is 0 Å². The third-order valence-corrected chi connectivity index (χ3v) is 3.23. The van der Waals surface area contributed by atoms with Crippen LogP contribution in [0.1, 0.15) is 12.2 Å². The van der Waals surface area contributed by atoms with Gasteiger partial charge in [-0.25, -0.2) is 0 Å². The Labute approximate surface area is 125 Å². The monoisotopic (exact) mass is 290 g/mol. The van der Waals surface area contributed by atoms with E-state index in [9.17, 15) is 0 Å². The van der Waals surface area contributed by atoms with Crippen molar-refractivity contribution in [2.75, 3.05) is 27.3 Å². The minimum Gasteiger partial charge on any atom is -0.497 e. The van der Waals surface area contributed by atoms with Gasteiger partial charge in [0, 0.05) is 13.6 Å². The molecule has 0 atom stereocenters. The number of nitrogens with zero attached hydrogens (tertiary/aromatic N) is 4. The number of hydrogen-bond acceptors (Lipinski definition) is 5. The Balaban J connectivity index is 1.65. The molecule has 2 aromatic rings. The summed E-state index contributed by atoms with van der Waals surface area (Å²) in [5.74, 6) is 2.67. The second kappa shape index (κ2) is 7.64. The Morgan fingerprint density at radius 2 is 1.90 bits per heavy atom. The average Bonchev–Trinajstić information content (AvgIpc) is 2.89. The minimum absolute atomic E-state index is 0.690. The number of rotatable bonds is 8. The van der Waals surface area contributed by atoms with Gasteiger partial charge in [0.2, 0.25) is 0 Å². The average molecular weight is 290 g/mol. The van der Waals surface area contributed by atoms with E-state index >= 15 is 0 Å². The maximum absolute atomic E-state index is 5.70. The molecule has 0 saturated heterocycles. The first kappa shape index (κ1) is 15.3. The fourth-order valence-electron chi connectivity index (χ4n) is 1.97. The summed E-state index contributed by atoms with van der Waals surface area (Å²) >= 11 is 0. The molecule has 2 rings (SSSR count).